The molecule has 1 atom stereocenters. The van der Waals surface area contributed by atoms with Gasteiger partial charge in [-0.1, -0.05) is 18.2 Å². The molecule has 2 rings (SSSR count). The number of guanidine groups is 1. The molecule has 0 spiro atoms. The van der Waals surface area contributed by atoms with Crippen molar-refractivity contribution in [2.24, 2.45) is 4.99 Å². The van der Waals surface area contributed by atoms with E-state index >= 15 is 0 Å². The van der Waals surface area contributed by atoms with Gasteiger partial charge in [-0.2, -0.15) is 0 Å². The summed E-state index contributed by atoms with van der Waals surface area (Å²) in [4.78, 5) is 11.0. The van der Waals surface area contributed by atoms with Gasteiger partial charge < -0.3 is 15.5 Å². The van der Waals surface area contributed by atoms with Crippen LogP contribution in [0, 0.1) is 12.7 Å². The SMILES string of the molecule is CCNC(=NCc1cccnc1N(C)C)NC(C)c1ccc(C)c(F)c1. The molecule has 0 saturated carbocycles. The number of halogens is 1. The topological polar surface area (TPSA) is 52.6 Å². The largest absolute Gasteiger partial charge is 0.362 e. The predicted octanol–water partition coefficient (Wildman–Crippen LogP) is 3.41. The van der Waals surface area contributed by atoms with Gasteiger partial charge in [0.15, 0.2) is 5.96 Å². The van der Waals surface area contributed by atoms with Gasteiger partial charge >= 0.3 is 0 Å². The quantitative estimate of drug-likeness (QED) is 0.614. The molecule has 0 aliphatic rings. The Kier molecular flexibility index (Phi) is 6.95. The van der Waals surface area contributed by atoms with Gasteiger partial charge in [-0.25, -0.2) is 14.4 Å². The van der Waals surface area contributed by atoms with E-state index in [0.717, 1.165) is 23.5 Å². The predicted molar refractivity (Wildman–Crippen MR) is 106 cm³/mol. The van der Waals surface area contributed by atoms with E-state index in [2.05, 4.69) is 20.6 Å². The van der Waals surface area contributed by atoms with Crippen LogP contribution in [0.15, 0.2) is 41.5 Å². The van der Waals surface area contributed by atoms with E-state index in [1.165, 1.54) is 0 Å². The van der Waals surface area contributed by atoms with Crippen molar-refractivity contribution < 1.29 is 4.39 Å². The van der Waals surface area contributed by atoms with Crippen LogP contribution in [-0.2, 0) is 6.54 Å². The molecule has 1 unspecified atom stereocenters. The zero-order valence-electron chi connectivity index (χ0n) is 16.2. The monoisotopic (exact) mass is 357 g/mol. The lowest BCUT2D eigenvalue weighted by Crippen LogP contribution is -2.38. The molecule has 0 fully saturated rings. The average molecular weight is 357 g/mol. The summed E-state index contributed by atoms with van der Waals surface area (Å²) in [5, 5.41) is 6.58. The van der Waals surface area contributed by atoms with Crippen LogP contribution in [-0.4, -0.2) is 31.6 Å². The molecule has 0 aliphatic carbocycles. The van der Waals surface area contributed by atoms with Crippen molar-refractivity contribution in [3.8, 4) is 0 Å². The smallest absolute Gasteiger partial charge is 0.192 e. The number of hydrogen-bond donors (Lipinski definition) is 2. The first kappa shape index (κ1) is 19.7. The summed E-state index contributed by atoms with van der Waals surface area (Å²) in [6, 6.07) is 9.17. The van der Waals surface area contributed by atoms with Crippen LogP contribution in [0.1, 0.15) is 36.6 Å². The number of pyridine rings is 1. The second kappa shape index (κ2) is 9.17. The Balaban J connectivity index is 2.15. The van der Waals surface area contributed by atoms with Crippen LogP contribution in [0.25, 0.3) is 0 Å². The van der Waals surface area contributed by atoms with Crippen LogP contribution in [0.2, 0.25) is 0 Å². The number of nitrogens with one attached hydrogen (secondary N) is 2. The fourth-order valence-corrected chi connectivity index (χ4v) is 2.61. The van der Waals surface area contributed by atoms with Crippen molar-refractivity contribution in [2.75, 3.05) is 25.5 Å². The van der Waals surface area contributed by atoms with Gasteiger partial charge in [0.05, 0.1) is 12.6 Å². The highest BCUT2D eigenvalue weighted by Gasteiger charge is 2.10. The highest BCUT2D eigenvalue weighted by atomic mass is 19.1. The van der Waals surface area contributed by atoms with Gasteiger partial charge in [0.2, 0.25) is 0 Å². The van der Waals surface area contributed by atoms with Crippen molar-refractivity contribution in [3.05, 3.63) is 59.0 Å². The molecule has 6 heteroatoms. The molecule has 5 nitrogen and oxygen atoms in total. The summed E-state index contributed by atoms with van der Waals surface area (Å²) in [5.41, 5.74) is 2.58. The summed E-state index contributed by atoms with van der Waals surface area (Å²) < 4.78 is 13.8. The summed E-state index contributed by atoms with van der Waals surface area (Å²) in [6.45, 7) is 7.02. The Morgan fingerprint density at radius 2 is 2.08 bits per heavy atom. The maximum absolute atomic E-state index is 13.8. The minimum Gasteiger partial charge on any atom is -0.362 e. The Bertz CT molecular complexity index is 758. The second-order valence-electron chi connectivity index (χ2n) is 6.45. The summed E-state index contributed by atoms with van der Waals surface area (Å²) in [5.74, 6) is 1.40. The Morgan fingerprint density at radius 3 is 2.73 bits per heavy atom. The molecule has 1 heterocycles. The van der Waals surface area contributed by atoms with E-state index in [1.807, 2.05) is 51.0 Å². The number of benzene rings is 1. The maximum atomic E-state index is 13.8. The van der Waals surface area contributed by atoms with Crippen molar-refractivity contribution >= 4 is 11.8 Å². The third-order valence-corrected chi connectivity index (χ3v) is 4.09. The Morgan fingerprint density at radius 1 is 1.31 bits per heavy atom. The summed E-state index contributed by atoms with van der Waals surface area (Å²) in [6.07, 6.45) is 1.78. The van der Waals surface area contributed by atoms with Gasteiger partial charge in [-0.3, -0.25) is 0 Å². The molecule has 1 aromatic carbocycles. The molecule has 0 saturated heterocycles. The molecule has 140 valence electrons. The van der Waals surface area contributed by atoms with Crippen LogP contribution < -0.4 is 15.5 Å². The molecule has 0 amide bonds. The van der Waals surface area contributed by atoms with Crippen molar-refractivity contribution in [2.45, 2.75) is 33.4 Å². The highest BCUT2D eigenvalue weighted by molar-refractivity contribution is 5.80. The van der Waals surface area contributed by atoms with E-state index in [4.69, 9.17) is 0 Å². The third kappa shape index (κ3) is 5.18. The third-order valence-electron chi connectivity index (χ3n) is 4.09. The lowest BCUT2D eigenvalue weighted by molar-refractivity contribution is 0.607. The standard InChI is InChI=1S/C20H28FN5/c1-6-22-20(24-13-17-8-7-11-23-19(17)26(4)5)25-15(3)16-10-9-14(2)18(21)12-16/h7-12,15H,6,13H2,1-5H3,(H2,22,24,25). The van der Waals surface area contributed by atoms with Gasteiger partial charge in [0.25, 0.3) is 0 Å². The van der Waals surface area contributed by atoms with Crippen LogP contribution in [0.4, 0.5) is 10.2 Å². The Hall–Kier alpha value is -2.63. The molecular weight excluding hydrogens is 329 g/mol. The lowest BCUT2D eigenvalue weighted by Gasteiger charge is -2.19. The Labute approximate surface area is 155 Å². The minimum atomic E-state index is -0.191. The first-order valence-corrected chi connectivity index (χ1v) is 8.84. The van der Waals surface area contributed by atoms with Gasteiger partial charge in [-0.15, -0.1) is 0 Å². The van der Waals surface area contributed by atoms with Crippen LogP contribution in [0.5, 0.6) is 0 Å². The van der Waals surface area contributed by atoms with E-state index in [1.54, 1.807) is 25.3 Å². The van der Waals surface area contributed by atoms with E-state index in [-0.39, 0.29) is 11.9 Å². The minimum absolute atomic E-state index is 0.0647. The maximum Gasteiger partial charge on any atom is 0.192 e. The van der Waals surface area contributed by atoms with Crippen molar-refractivity contribution in [1.82, 2.24) is 15.6 Å². The molecule has 2 N–H and O–H groups in total. The summed E-state index contributed by atoms with van der Waals surface area (Å²) in [7, 11) is 3.93. The molecule has 0 radical (unpaired) electrons. The number of hydrogen-bond acceptors (Lipinski definition) is 3. The molecule has 0 bridgehead atoms. The van der Waals surface area contributed by atoms with E-state index < -0.39 is 0 Å². The number of nitrogens with zero attached hydrogens (tertiary/aromatic N) is 3. The first-order chi connectivity index (χ1) is 12.4. The fraction of sp³-hybridized carbons (Fsp3) is 0.400. The van der Waals surface area contributed by atoms with Gasteiger partial charge in [-0.05, 0) is 44.0 Å². The van der Waals surface area contributed by atoms with Crippen LogP contribution in [0.3, 0.4) is 0 Å². The first-order valence-electron chi connectivity index (χ1n) is 8.84. The fourth-order valence-electron chi connectivity index (χ4n) is 2.61. The number of aromatic nitrogens is 1. The zero-order chi connectivity index (χ0) is 19.1. The number of rotatable bonds is 6. The number of aliphatic imine (C=N–C) groups is 1. The van der Waals surface area contributed by atoms with Crippen molar-refractivity contribution in [3.63, 3.8) is 0 Å². The van der Waals surface area contributed by atoms with Crippen molar-refractivity contribution in [1.29, 1.82) is 0 Å². The van der Waals surface area contributed by atoms with Gasteiger partial charge in [0.1, 0.15) is 11.6 Å². The zero-order valence-corrected chi connectivity index (χ0v) is 16.2. The second-order valence-corrected chi connectivity index (χ2v) is 6.45. The van der Waals surface area contributed by atoms with Gasteiger partial charge in [0, 0.05) is 32.4 Å². The molecular formula is C20H28FN5. The molecule has 2 aromatic rings. The van der Waals surface area contributed by atoms with E-state index in [0.29, 0.717) is 18.1 Å². The van der Waals surface area contributed by atoms with Crippen LogP contribution >= 0.6 is 0 Å². The molecule has 26 heavy (non-hydrogen) atoms. The molecule has 0 aliphatic heterocycles. The number of aryl methyl sites for hydroxylation is 1. The molecule has 1 aromatic heterocycles. The highest BCUT2D eigenvalue weighted by Crippen LogP contribution is 2.17. The lowest BCUT2D eigenvalue weighted by atomic mass is 10.1. The van der Waals surface area contributed by atoms with E-state index in [9.17, 15) is 4.39 Å². The normalized spacial score (nSPS) is 12.6. The average Bonchev–Trinajstić information content (AvgIpc) is 2.62. The number of anilines is 1. The summed E-state index contributed by atoms with van der Waals surface area (Å²) >= 11 is 0.